The predicted molar refractivity (Wildman–Crippen MR) is 82.6 cm³/mol. The number of benzene rings is 1. The molecule has 0 N–H and O–H groups in total. The van der Waals surface area contributed by atoms with Crippen molar-refractivity contribution in [2.45, 2.75) is 25.8 Å². The molecule has 0 aliphatic rings. The quantitative estimate of drug-likeness (QED) is 0.787. The maximum absolute atomic E-state index is 11.6. The average Bonchev–Trinajstić information content (AvgIpc) is 2.73. The molecule has 2 atom stereocenters. The molecule has 0 fully saturated rings. The smallest absolute Gasteiger partial charge is 0.127 e. The van der Waals surface area contributed by atoms with E-state index < -0.39 is 10.8 Å². The third-order valence-electron chi connectivity index (χ3n) is 2.96. The summed E-state index contributed by atoms with van der Waals surface area (Å²) in [6.45, 7) is 4.47. The van der Waals surface area contributed by atoms with E-state index in [2.05, 4.69) is 4.98 Å². The summed E-state index contributed by atoms with van der Waals surface area (Å²) in [4.78, 5) is 4.52. The third kappa shape index (κ3) is 3.30. The maximum Gasteiger partial charge on any atom is 0.127 e. The van der Waals surface area contributed by atoms with Gasteiger partial charge in [-0.25, -0.2) is 4.98 Å². The molecule has 0 saturated carbocycles. The van der Waals surface area contributed by atoms with Crippen LogP contribution in [0.15, 0.2) is 18.2 Å². The fourth-order valence-electron chi connectivity index (χ4n) is 2.00. The van der Waals surface area contributed by atoms with Crippen LogP contribution in [0.25, 0.3) is 11.0 Å². The number of nitrogens with zero attached hydrogens (tertiary/aromatic N) is 2. The minimum atomic E-state index is -0.798. The second kappa shape index (κ2) is 6.25. The first-order valence-corrected chi connectivity index (χ1v) is 8.48. The Hall–Kier alpha value is -0.580. The first kappa shape index (κ1) is 14.8. The van der Waals surface area contributed by atoms with Crippen LogP contribution >= 0.6 is 23.2 Å². The molecule has 0 aliphatic heterocycles. The fraction of sp³-hybridized carbons (Fsp3) is 0.462. The number of imidazole rings is 1. The van der Waals surface area contributed by atoms with Crippen LogP contribution in [0.3, 0.4) is 0 Å². The average molecular weight is 319 g/mol. The minimum Gasteiger partial charge on any atom is -0.326 e. The molecule has 1 heterocycles. The maximum atomic E-state index is 11.6. The summed E-state index contributed by atoms with van der Waals surface area (Å²) in [7, 11) is -0.798. The number of halogens is 2. The molecule has 0 saturated heterocycles. The van der Waals surface area contributed by atoms with Crippen molar-refractivity contribution in [3.63, 3.8) is 0 Å². The highest BCUT2D eigenvalue weighted by Crippen LogP contribution is 2.26. The molecule has 0 radical (unpaired) electrons. The van der Waals surface area contributed by atoms with Gasteiger partial charge in [0.2, 0.25) is 0 Å². The first-order valence-electron chi connectivity index (χ1n) is 6.17. The van der Waals surface area contributed by atoms with Crippen LogP contribution in [0.1, 0.15) is 25.0 Å². The predicted octanol–water partition coefficient (Wildman–Crippen LogP) is 3.76. The van der Waals surface area contributed by atoms with Gasteiger partial charge in [0.25, 0.3) is 0 Å². The number of rotatable bonds is 5. The normalized spacial score (nSPS) is 14.7. The molecule has 1 aromatic heterocycles. The van der Waals surface area contributed by atoms with Gasteiger partial charge in [-0.2, -0.15) is 0 Å². The van der Waals surface area contributed by atoms with Crippen molar-refractivity contribution in [2.24, 2.45) is 0 Å². The van der Waals surface area contributed by atoms with Crippen molar-refractivity contribution in [2.75, 3.05) is 11.5 Å². The van der Waals surface area contributed by atoms with Gasteiger partial charge in [0.1, 0.15) is 5.82 Å². The van der Waals surface area contributed by atoms with E-state index in [4.69, 9.17) is 23.2 Å². The van der Waals surface area contributed by atoms with Gasteiger partial charge >= 0.3 is 0 Å². The summed E-state index contributed by atoms with van der Waals surface area (Å²) in [6, 6.07) is 5.59. The van der Waals surface area contributed by atoms with Crippen molar-refractivity contribution in [1.82, 2.24) is 9.55 Å². The van der Waals surface area contributed by atoms with Crippen LogP contribution in [0.4, 0.5) is 0 Å². The highest BCUT2D eigenvalue weighted by atomic mass is 35.5. The monoisotopic (exact) mass is 318 g/mol. The summed E-state index contributed by atoms with van der Waals surface area (Å²) in [5.74, 6) is 2.08. The molecule has 19 heavy (non-hydrogen) atoms. The third-order valence-corrected chi connectivity index (χ3v) is 4.67. The van der Waals surface area contributed by atoms with Gasteiger partial charge in [-0.05, 0) is 25.1 Å². The van der Waals surface area contributed by atoms with Crippen LogP contribution in [0, 0.1) is 0 Å². The van der Waals surface area contributed by atoms with Crippen molar-refractivity contribution >= 4 is 45.0 Å². The second-order valence-electron chi connectivity index (χ2n) is 4.30. The van der Waals surface area contributed by atoms with E-state index in [-0.39, 0.29) is 5.38 Å². The van der Waals surface area contributed by atoms with E-state index in [1.165, 1.54) is 0 Å². The summed E-state index contributed by atoms with van der Waals surface area (Å²) >= 11 is 12.2. The van der Waals surface area contributed by atoms with Gasteiger partial charge in [0.05, 0.1) is 16.4 Å². The Morgan fingerprint density at radius 2 is 2.21 bits per heavy atom. The minimum absolute atomic E-state index is 0.193. The molecule has 0 bridgehead atoms. The lowest BCUT2D eigenvalue weighted by Gasteiger charge is -2.10. The number of aromatic nitrogens is 2. The van der Waals surface area contributed by atoms with Gasteiger partial charge < -0.3 is 4.57 Å². The van der Waals surface area contributed by atoms with Crippen LogP contribution in [0.2, 0.25) is 5.02 Å². The number of aryl methyl sites for hydroxylation is 1. The lowest BCUT2D eigenvalue weighted by atomic mass is 10.3. The van der Waals surface area contributed by atoms with Crippen molar-refractivity contribution in [3.05, 3.63) is 29.0 Å². The molecule has 2 aromatic rings. The zero-order chi connectivity index (χ0) is 14.0. The topological polar surface area (TPSA) is 34.9 Å². The molecule has 6 heteroatoms. The Morgan fingerprint density at radius 1 is 1.47 bits per heavy atom. The molecule has 104 valence electrons. The van der Waals surface area contributed by atoms with Crippen molar-refractivity contribution in [1.29, 1.82) is 0 Å². The van der Waals surface area contributed by atoms with Gasteiger partial charge in [-0.1, -0.05) is 18.5 Å². The Morgan fingerprint density at radius 3 is 2.84 bits per heavy atom. The zero-order valence-corrected chi connectivity index (χ0v) is 13.2. The highest BCUT2D eigenvalue weighted by Gasteiger charge is 2.15. The Bertz CT molecular complexity index is 610. The molecule has 3 nitrogen and oxygen atoms in total. The van der Waals surface area contributed by atoms with E-state index in [9.17, 15) is 4.21 Å². The van der Waals surface area contributed by atoms with E-state index >= 15 is 0 Å². The second-order valence-corrected chi connectivity index (χ2v) is 7.26. The number of fused-ring (bicyclic) bond motifs is 1. The molecule has 0 amide bonds. The fourth-order valence-corrected chi connectivity index (χ4v) is 3.01. The van der Waals surface area contributed by atoms with E-state index in [0.717, 1.165) is 16.9 Å². The largest absolute Gasteiger partial charge is 0.326 e. The van der Waals surface area contributed by atoms with E-state index in [0.29, 0.717) is 23.1 Å². The Balaban J connectivity index is 2.43. The summed E-state index contributed by atoms with van der Waals surface area (Å²) < 4.78 is 13.6. The van der Waals surface area contributed by atoms with E-state index in [1.54, 1.807) is 0 Å². The number of alkyl halides is 1. The van der Waals surface area contributed by atoms with Crippen molar-refractivity contribution < 1.29 is 4.21 Å². The summed E-state index contributed by atoms with van der Waals surface area (Å²) in [5.41, 5.74) is 1.82. The van der Waals surface area contributed by atoms with Crippen LogP contribution in [0.5, 0.6) is 0 Å². The lowest BCUT2D eigenvalue weighted by Crippen LogP contribution is -2.12. The lowest BCUT2D eigenvalue weighted by molar-refractivity contribution is 0.669. The van der Waals surface area contributed by atoms with Crippen LogP contribution in [-0.4, -0.2) is 25.3 Å². The Labute approximate surface area is 125 Å². The summed E-state index contributed by atoms with van der Waals surface area (Å²) in [5, 5.41) is 0.462. The molecule has 0 spiro atoms. The SMILES string of the molecule is CCS(=O)CCn1c(C(C)Cl)nc2cc(Cl)ccc21. The first-order chi connectivity index (χ1) is 9.02. The molecule has 2 unspecified atom stereocenters. The molecule has 2 rings (SSSR count). The van der Waals surface area contributed by atoms with Gasteiger partial charge in [0, 0.05) is 33.9 Å². The number of hydrogen-bond donors (Lipinski definition) is 0. The zero-order valence-electron chi connectivity index (χ0n) is 10.9. The standard InChI is InChI=1S/C13H16Cl2N2OS/c1-3-19(18)7-6-17-12-5-4-10(15)8-11(12)16-13(17)9(2)14/h4-5,8-9H,3,6-7H2,1-2H3. The highest BCUT2D eigenvalue weighted by molar-refractivity contribution is 7.84. The molecular formula is C13H16Cl2N2OS. The van der Waals surface area contributed by atoms with Gasteiger partial charge in [-0.15, -0.1) is 11.6 Å². The molecule has 1 aromatic carbocycles. The molecular weight excluding hydrogens is 303 g/mol. The van der Waals surface area contributed by atoms with Crippen molar-refractivity contribution in [3.8, 4) is 0 Å². The Kier molecular flexibility index (Phi) is 4.87. The van der Waals surface area contributed by atoms with Crippen LogP contribution in [-0.2, 0) is 17.3 Å². The van der Waals surface area contributed by atoms with E-state index in [1.807, 2.05) is 36.6 Å². The number of hydrogen-bond acceptors (Lipinski definition) is 2. The van der Waals surface area contributed by atoms with Crippen LogP contribution < -0.4 is 0 Å². The molecule has 0 aliphatic carbocycles. The van der Waals surface area contributed by atoms with Gasteiger partial charge in [-0.3, -0.25) is 4.21 Å². The summed E-state index contributed by atoms with van der Waals surface area (Å²) in [6.07, 6.45) is 0. The van der Waals surface area contributed by atoms with Gasteiger partial charge in [0.15, 0.2) is 0 Å².